The number of nitrogens with zero attached hydrogens (tertiary/aromatic N) is 1. The molecule has 4 nitrogen and oxygen atoms in total. The molecule has 0 spiro atoms. The van der Waals surface area contributed by atoms with Gasteiger partial charge in [0.05, 0.1) is 5.69 Å². The molecule has 2 aromatic carbocycles. The molecule has 7 heteroatoms. The number of aryl methyl sites for hydroxylation is 1. The lowest BCUT2D eigenvalue weighted by atomic mass is 10.1. The summed E-state index contributed by atoms with van der Waals surface area (Å²) in [5, 5.41) is 8.45. The predicted octanol–water partition coefficient (Wildman–Crippen LogP) is 5.26. The van der Waals surface area contributed by atoms with E-state index in [1.54, 1.807) is 12.1 Å². The molecule has 1 aromatic heterocycles. The Bertz CT molecular complexity index is 921. The zero-order chi connectivity index (χ0) is 18.5. The van der Waals surface area contributed by atoms with Gasteiger partial charge in [-0.25, -0.2) is 4.98 Å². The highest BCUT2D eigenvalue weighted by Crippen LogP contribution is 2.26. The third-order valence-electron chi connectivity index (χ3n) is 3.72. The summed E-state index contributed by atoms with van der Waals surface area (Å²) in [6.45, 7) is 2.07. The number of nitrogens with one attached hydrogen (secondary N) is 2. The van der Waals surface area contributed by atoms with Crippen LogP contribution in [-0.2, 0) is 6.42 Å². The van der Waals surface area contributed by atoms with E-state index in [-0.39, 0.29) is 11.0 Å². The van der Waals surface area contributed by atoms with Crippen LogP contribution in [0.5, 0.6) is 0 Å². The van der Waals surface area contributed by atoms with Crippen molar-refractivity contribution in [3.8, 4) is 11.3 Å². The number of rotatable bonds is 4. The summed E-state index contributed by atoms with van der Waals surface area (Å²) in [6.07, 6.45) is 0.937. The van der Waals surface area contributed by atoms with Crippen molar-refractivity contribution in [2.45, 2.75) is 13.3 Å². The molecule has 0 unspecified atom stereocenters. The highest BCUT2D eigenvalue weighted by molar-refractivity contribution is 9.10. The highest BCUT2D eigenvalue weighted by atomic mass is 79.9. The summed E-state index contributed by atoms with van der Waals surface area (Å²) < 4.78 is 1.02. The molecule has 3 aromatic rings. The lowest BCUT2D eigenvalue weighted by Crippen LogP contribution is -2.34. The number of anilines is 1. The van der Waals surface area contributed by atoms with Crippen molar-refractivity contribution in [2.75, 3.05) is 5.32 Å². The van der Waals surface area contributed by atoms with Crippen molar-refractivity contribution < 1.29 is 4.79 Å². The maximum Gasteiger partial charge on any atom is 0.257 e. The zero-order valence-corrected chi connectivity index (χ0v) is 17.2. The van der Waals surface area contributed by atoms with Gasteiger partial charge in [0, 0.05) is 21.0 Å². The topological polar surface area (TPSA) is 54.0 Å². The first-order chi connectivity index (χ1) is 12.5. The molecule has 0 fully saturated rings. The molecule has 1 amide bonds. The van der Waals surface area contributed by atoms with Crippen LogP contribution in [0.2, 0.25) is 0 Å². The second kappa shape index (κ2) is 8.53. The van der Waals surface area contributed by atoms with Gasteiger partial charge < -0.3 is 5.32 Å². The fraction of sp³-hybridized carbons (Fsp3) is 0.105. The summed E-state index contributed by atoms with van der Waals surface area (Å²) in [5.41, 5.74) is 3.63. The smallest absolute Gasteiger partial charge is 0.257 e. The SMILES string of the molecule is CCc1ccc(C(=O)NC(=S)Nc2nc(-c3ccc(Br)cc3)cs2)cc1. The van der Waals surface area contributed by atoms with Crippen molar-refractivity contribution in [3.05, 3.63) is 69.5 Å². The number of thiazole rings is 1. The maximum atomic E-state index is 12.2. The standard InChI is InChI=1S/C19H16BrN3OS2/c1-2-12-3-5-14(6-4-12)17(24)22-18(25)23-19-21-16(11-26-19)13-7-9-15(20)10-8-13/h3-11H,2H2,1H3,(H2,21,22,23,24,25). The third-order valence-corrected chi connectivity index (χ3v) is 5.21. The average Bonchev–Trinajstić information content (AvgIpc) is 3.10. The van der Waals surface area contributed by atoms with Crippen LogP contribution in [0.25, 0.3) is 11.3 Å². The molecule has 26 heavy (non-hydrogen) atoms. The highest BCUT2D eigenvalue weighted by Gasteiger charge is 2.10. The molecule has 132 valence electrons. The Morgan fingerprint density at radius 2 is 1.85 bits per heavy atom. The van der Waals surface area contributed by atoms with Gasteiger partial charge in [0.15, 0.2) is 10.2 Å². The van der Waals surface area contributed by atoms with Crippen molar-refractivity contribution >= 4 is 55.6 Å². The van der Waals surface area contributed by atoms with Gasteiger partial charge >= 0.3 is 0 Å². The van der Waals surface area contributed by atoms with Crippen LogP contribution in [0.1, 0.15) is 22.8 Å². The largest absolute Gasteiger partial charge is 0.308 e. The van der Waals surface area contributed by atoms with Crippen LogP contribution >= 0.6 is 39.5 Å². The zero-order valence-electron chi connectivity index (χ0n) is 14.0. The molecular weight excluding hydrogens is 430 g/mol. The van der Waals surface area contributed by atoms with Crippen molar-refractivity contribution in [1.82, 2.24) is 10.3 Å². The molecule has 0 aliphatic heterocycles. The van der Waals surface area contributed by atoms with Crippen LogP contribution in [0.15, 0.2) is 58.4 Å². The van der Waals surface area contributed by atoms with Crippen LogP contribution in [0.3, 0.4) is 0 Å². The van der Waals surface area contributed by atoms with Gasteiger partial charge in [-0.05, 0) is 48.5 Å². The minimum atomic E-state index is -0.241. The number of hydrogen-bond acceptors (Lipinski definition) is 4. The molecule has 0 aliphatic rings. The Hall–Kier alpha value is -2.09. The van der Waals surface area contributed by atoms with Gasteiger partial charge in [0.25, 0.3) is 5.91 Å². The van der Waals surface area contributed by atoms with E-state index in [1.807, 2.05) is 41.8 Å². The van der Waals surface area contributed by atoms with Gasteiger partial charge in [0.1, 0.15) is 0 Å². The fourth-order valence-corrected chi connectivity index (χ4v) is 3.52. The quantitative estimate of drug-likeness (QED) is 0.537. The number of carbonyl (C=O) groups excluding carboxylic acids is 1. The summed E-state index contributed by atoms with van der Waals surface area (Å²) in [7, 11) is 0. The molecule has 0 aliphatic carbocycles. The van der Waals surface area contributed by atoms with E-state index in [2.05, 4.69) is 38.5 Å². The van der Waals surface area contributed by atoms with Crippen molar-refractivity contribution in [2.24, 2.45) is 0 Å². The molecule has 3 rings (SSSR count). The first-order valence-corrected chi connectivity index (χ1v) is 10.1. The summed E-state index contributed by atoms with van der Waals surface area (Å²) in [4.78, 5) is 16.7. The van der Waals surface area contributed by atoms with E-state index in [0.717, 1.165) is 22.2 Å². The van der Waals surface area contributed by atoms with Crippen LogP contribution in [0.4, 0.5) is 5.13 Å². The normalized spacial score (nSPS) is 10.4. The van der Waals surface area contributed by atoms with E-state index in [9.17, 15) is 4.79 Å². The third kappa shape index (κ3) is 4.75. The van der Waals surface area contributed by atoms with Gasteiger partial charge in [-0.1, -0.05) is 47.1 Å². The molecule has 0 saturated carbocycles. The first kappa shape index (κ1) is 18.7. The molecular formula is C19H16BrN3OS2. The van der Waals surface area contributed by atoms with E-state index < -0.39 is 0 Å². The van der Waals surface area contributed by atoms with E-state index in [4.69, 9.17) is 12.2 Å². The molecule has 2 N–H and O–H groups in total. The number of carbonyl (C=O) groups is 1. The Kier molecular flexibility index (Phi) is 6.13. The number of hydrogen-bond donors (Lipinski definition) is 2. The minimum absolute atomic E-state index is 0.228. The van der Waals surface area contributed by atoms with Crippen molar-refractivity contribution in [3.63, 3.8) is 0 Å². The lowest BCUT2D eigenvalue weighted by Gasteiger charge is -2.07. The Balaban J connectivity index is 1.61. The summed E-state index contributed by atoms with van der Waals surface area (Å²) in [5.74, 6) is -0.241. The van der Waals surface area contributed by atoms with E-state index in [0.29, 0.717) is 10.7 Å². The Labute approximate surface area is 169 Å². The number of amides is 1. The second-order valence-corrected chi connectivity index (χ2v) is 7.69. The minimum Gasteiger partial charge on any atom is -0.308 e. The maximum absolute atomic E-state index is 12.2. The number of thiocarbonyl (C=S) groups is 1. The van der Waals surface area contributed by atoms with Gasteiger partial charge in [-0.15, -0.1) is 11.3 Å². The monoisotopic (exact) mass is 445 g/mol. The molecule has 0 radical (unpaired) electrons. The first-order valence-electron chi connectivity index (χ1n) is 7.98. The lowest BCUT2D eigenvalue weighted by molar-refractivity contribution is 0.0977. The van der Waals surface area contributed by atoms with Gasteiger partial charge in [-0.2, -0.15) is 0 Å². The average molecular weight is 446 g/mol. The summed E-state index contributed by atoms with van der Waals surface area (Å²) in [6, 6.07) is 15.4. The van der Waals surface area contributed by atoms with Gasteiger partial charge in [0.2, 0.25) is 0 Å². The number of benzene rings is 2. The van der Waals surface area contributed by atoms with E-state index >= 15 is 0 Å². The molecule has 0 saturated heterocycles. The van der Waals surface area contributed by atoms with Gasteiger partial charge in [-0.3, -0.25) is 10.1 Å². The van der Waals surface area contributed by atoms with Crippen molar-refractivity contribution in [1.29, 1.82) is 0 Å². The fourth-order valence-electron chi connectivity index (χ4n) is 2.28. The molecule has 0 bridgehead atoms. The Morgan fingerprint density at radius 3 is 2.50 bits per heavy atom. The van der Waals surface area contributed by atoms with E-state index in [1.165, 1.54) is 16.9 Å². The van der Waals surface area contributed by atoms with Crippen LogP contribution in [-0.4, -0.2) is 16.0 Å². The predicted molar refractivity (Wildman–Crippen MR) is 115 cm³/mol. The second-order valence-electron chi connectivity index (χ2n) is 5.50. The Morgan fingerprint density at radius 1 is 1.15 bits per heavy atom. The number of aromatic nitrogens is 1. The number of halogens is 1. The van der Waals surface area contributed by atoms with Crippen LogP contribution < -0.4 is 10.6 Å². The van der Waals surface area contributed by atoms with Crippen LogP contribution in [0, 0.1) is 0 Å². The molecule has 1 heterocycles. The summed E-state index contributed by atoms with van der Waals surface area (Å²) >= 11 is 10.1. The molecule has 0 atom stereocenters.